The first kappa shape index (κ1) is 21.2. The van der Waals surface area contributed by atoms with Crippen molar-refractivity contribution in [2.45, 2.75) is 57.4 Å². The Hall–Kier alpha value is -2.08. The highest BCUT2D eigenvalue weighted by Gasteiger charge is 2.51. The molecule has 4 saturated carbocycles. The fraction of sp³-hybridized carbons (Fsp3) is 0.667. The van der Waals surface area contributed by atoms with Gasteiger partial charge in [-0.05, 0) is 74.8 Å². The van der Waals surface area contributed by atoms with E-state index < -0.39 is 0 Å². The smallest absolute Gasteiger partial charge is 0.279 e. The fourth-order valence-corrected chi connectivity index (χ4v) is 6.59. The largest absolute Gasteiger partial charge is 0.495 e. The molecule has 0 saturated heterocycles. The Kier molecular flexibility index (Phi) is 6.32. The summed E-state index contributed by atoms with van der Waals surface area (Å²) in [6.45, 7) is 3.53. The molecule has 1 atom stereocenters. The lowest BCUT2D eigenvalue weighted by atomic mass is 9.53. The zero-order valence-electron chi connectivity index (χ0n) is 18.3. The maximum Gasteiger partial charge on any atom is 0.279 e. The van der Waals surface area contributed by atoms with Gasteiger partial charge in [-0.15, -0.1) is 0 Å². The maximum atomic E-state index is 13.0. The van der Waals surface area contributed by atoms with Crippen LogP contribution >= 0.6 is 0 Å². The van der Waals surface area contributed by atoms with E-state index >= 15 is 0 Å². The molecule has 0 heterocycles. The number of ether oxygens (including phenoxy) is 1. The lowest BCUT2D eigenvalue weighted by Gasteiger charge is -2.56. The van der Waals surface area contributed by atoms with Crippen molar-refractivity contribution in [1.82, 2.24) is 5.32 Å². The fourth-order valence-electron chi connectivity index (χ4n) is 6.59. The Morgan fingerprint density at radius 2 is 1.63 bits per heavy atom. The Balaban J connectivity index is 1.33. The van der Waals surface area contributed by atoms with Gasteiger partial charge >= 0.3 is 0 Å². The first-order valence-electron chi connectivity index (χ1n) is 11.6. The number of carbonyl (C=O) groups is 2. The van der Waals surface area contributed by atoms with Gasteiger partial charge in [0.05, 0.1) is 19.3 Å². The number of para-hydroxylation sites is 2. The van der Waals surface area contributed by atoms with Gasteiger partial charge in [0.25, 0.3) is 11.8 Å². The highest BCUT2D eigenvalue weighted by atomic mass is 16.5. The average molecular weight is 415 g/mol. The summed E-state index contributed by atoms with van der Waals surface area (Å²) in [6.07, 6.45) is 8.50. The van der Waals surface area contributed by atoms with Crippen LogP contribution in [0.4, 0.5) is 5.69 Å². The molecule has 6 heteroatoms. The Morgan fingerprint density at radius 1 is 1.03 bits per heavy atom. The van der Waals surface area contributed by atoms with Crippen LogP contribution < -0.4 is 20.3 Å². The summed E-state index contributed by atoms with van der Waals surface area (Å²) < 4.78 is 5.31. The topological polar surface area (TPSA) is 71.9 Å². The van der Waals surface area contributed by atoms with Gasteiger partial charge < -0.3 is 20.3 Å². The van der Waals surface area contributed by atoms with Crippen molar-refractivity contribution in [3.63, 3.8) is 0 Å². The minimum absolute atomic E-state index is 0.0306. The van der Waals surface area contributed by atoms with Crippen molar-refractivity contribution >= 4 is 17.5 Å². The van der Waals surface area contributed by atoms with E-state index in [0.717, 1.165) is 54.9 Å². The van der Waals surface area contributed by atoms with Crippen molar-refractivity contribution in [1.29, 1.82) is 0 Å². The third-order valence-electron chi connectivity index (χ3n) is 7.25. The van der Waals surface area contributed by atoms with Crippen LogP contribution in [0.25, 0.3) is 0 Å². The number of amides is 2. The average Bonchev–Trinajstić information content (AvgIpc) is 2.66. The zero-order chi connectivity index (χ0) is 21.1. The van der Waals surface area contributed by atoms with Crippen molar-refractivity contribution < 1.29 is 19.2 Å². The predicted molar refractivity (Wildman–Crippen MR) is 117 cm³/mol. The predicted octanol–water partition coefficient (Wildman–Crippen LogP) is 2.01. The molecule has 1 unspecified atom stereocenters. The van der Waals surface area contributed by atoms with Crippen LogP contribution in [0.15, 0.2) is 24.3 Å². The van der Waals surface area contributed by atoms with E-state index in [4.69, 9.17) is 4.74 Å². The van der Waals surface area contributed by atoms with Gasteiger partial charge in [0.1, 0.15) is 5.75 Å². The summed E-state index contributed by atoms with van der Waals surface area (Å²) in [4.78, 5) is 26.6. The third kappa shape index (κ3) is 4.80. The van der Waals surface area contributed by atoms with Gasteiger partial charge in [-0.3, -0.25) is 9.59 Å². The van der Waals surface area contributed by atoms with Crippen LogP contribution in [0.5, 0.6) is 5.75 Å². The van der Waals surface area contributed by atoms with Crippen molar-refractivity contribution in [2.24, 2.45) is 17.8 Å². The second-order valence-electron chi connectivity index (χ2n) is 9.85. The summed E-state index contributed by atoms with van der Waals surface area (Å²) in [5, 5.41) is 6.38. The lowest BCUT2D eigenvalue weighted by molar-refractivity contribution is -0.883. The van der Waals surface area contributed by atoms with Crippen LogP contribution in [-0.2, 0) is 9.59 Å². The number of hydrogen-bond acceptors (Lipinski definition) is 3. The standard InChI is InChI=1S/C24H35N3O3/c1-3-8-27(15-22(28)25-20-6-4-5-7-21(20)30-2)16-23(29)26-24-12-17-9-18(13-24)11-19(10-17)14-24/h4-7,17-19H,3,8-16H2,1-2H3,(H,25,28)(H,26,29)/p+1. The quantitative estimate of drug-likeness (QED) is 0.579. The molecule has 30 heavy (non-hydrogen) atoms. The Labute approximate surface area is 179 Å². The first-order valence-corrected chi connectivity index (χ1v) is 11.6. The molecule has 4 fully saturated rings. The molecule has 6 nitrogen and oxygen atoms in total. The van der Waals surface area contributed by atoms with Crippen LogP contribution in [0, 0.1) is 17.8 Å². The van der Waals surface area contributed by atoms with E-state index in [9.17, 15) is 9.59 Å². The molecule has 0 aliphatic heterocycles. The number of nitrogens with one attached hydrogen (secondary N) is 3. The van der Waals surface area contributed by atoms with E-state index in [1.165, 1.54) is 19.3 Å². The van der Waals surface area contributed by atoms with Gasteiger partial charge in [-0.1, -0.05) is 19.1 Å². The van der Waals surface area contributed by atoms with E-state index in [2.05, 4.69) is 17.6 Å². The van der Waals surface area contributed by atoms with Crippen LogP contribution in [0.3, 0.4) is 0 Å². The zero-order valence-corrected chi connectivity index (χ0v) is 18.3. The van der Waals surface area contributed by atoms with Gasteiger partial charge in [0.2, 0.25) is 0 Å². The molecular weight excluding hydrogens is 378 g/mol. The molecule has 0 radical (unpaired) electrons. The second kappa shape index (κ2) is 8.96. The Morgan fingerprint density at radius 3 is 2.23 bits per heavy atom. The lowest BCUT2D eigenvalue weighted by Crippen LogP contribution is -3.14. The molecule has 0 spiro atoms. The number of hydrogen-bond donors (Lipinski definition) is 3. The van der Waals surface area contributed by atoms with Crippen molar-refractivity contribution in [3.8, 4) is 5.75 Å². The summed E-state index contributed by atoms with van der Waals surface area (Å²) in [6, 6.07) is 7.40. The summed E-state index contributed by atoms with van der Waals surface area (Å²) >= 11 is 0. The molecule has 1 aromatic carbocycles. The minimum Gasteiger partial charge on any atom is -0.495 e. The van der Waals surface area contributed by atoms with Crippen LogP contribution in [0.2, 0.25) is 0 Å². The van der Waals surface area contributed by atoms with Gasteiger partial charge in [0, 0.05) is 5.54 Å². The summed E-state index contributed by atoms with van der Waals surface area (Å²) in [5.74, 6) is 3.07. The number of benzene rings is 1. The number of anilines is 1. The van der Waals surface area contributed by atoms with Gasteiger partial charge in [0.15, 0.2) is 13.1 Å². The molecule has 0 aromatic heterocycles. The van der Waals surface area contributed by atoms with Crippen molar-refractivity contribution in [2.75, 3.05) is 32.1 Å². The number of rotatable bonds is 9. The molecule has 4 aliphatic rings. The van der Waals surface area contributed by atoms with E-state index in [1.54, 1.807) is 7.11 Å². The van der Waals surface area contributed by atoms with Gasteiger partial charge in [-0.25, -0.2) is 0 Å². The number of methoxy groups -OCH3 is 1. The van der Waals surface area contributed by atoms with Crippen molar-refractivity contribution in [3.05, 3.63) is 24.3 Å². The molecule has 2 amide bonds. The molecule has 5 rings (SSSR count). The SMILES string of the molecule is CCC[NH+](CC(=O)Nc1ccccc1OC)CC(=O)NC12CC3CC(CC(C3)C1)C2. The third-order valence-corrected chi connectivity index (χ3v) is 7.25. The molecule has 4 aliphatic carbocycles. The summed E-state index contributed by atoms with van der Waals surface area (Å²) in [5.41, 5.74) is 0.696. The monoisotopic (exact) mass is 414 g/mol. The number of quaternary nitrogens is 1. The number of carbonyl (C=O) groups excluding carboxylic acids is 2. The first-order chi connectivity index (χ1) is 14.5. The maximum absolute atomic E-state index is 13.0. The highest BCUT2D eigenvalue weighted by molar-refractivity contribution is 5.93. The summed E-state index contributed by atoms with van der Waals surface area (Å²) in [7, 11) is 1.59. The molecule has 1 aromatic rings. The molecule has 4 bridgehead atoms. The van der Waals surface area contributed by atoms with Crippen LogP contribution in [-0.4, -0.2) is 44.1 Å². The van der Waals surface area contributed by atoms with E-state index in [1.807, 2.05) is 24.3 Å². The molecule has 164 valence electrons. The normalized spacial score (nSPS) is 30.0. The van der Waals surface area contributed by atoms with E-state index in [0.29, 0.717) is 18.0 Å². The Bertz CT molecular complexity index is 743. The molecular formula is C24H36N3O3+. The minimum atomic E-state index is -0.0921. The van der Waals surface area contributed by atoms with E-state index in [-0.39, 0.29) is 23.9 Å². The highest BCUT2D eigenvalue weighted by Crippen LogP contribution is 2.55. The van der Waals surface area contributed by atoms with Crippen LogP contribution in [0.1, 0.15) is 51.9 Å². The van der Waals surface area contributed by atoms with Gasteiger partial charge in [-0.2, -0.15) is 0 Å². The molecule has 3 N–H and O–H groups in total. The second-order valence-corrected chi connectivity index (χ2v) is 9.85.